The number of carbonyl (C=O) groups is 1. The summed E-state index contributed by atoms with van der Waals surface area (Å²) in [7, 11) is 0. The van der Waals surface area contributed by atoms with Crippen LogP contribution in [0, 0.1) is 11.7 Å². The van der Waals surface area contributed by atoms with E-state index in [9.17, 15) is 9.18 Å². The first-order valence-corrected chi connectivity index (χ1v) is 13.9. The van der Waals surface area contributed by atoms with Crippen LogP contribution >= 0.6 is 0 Å². The van der Waals surface area contributed by atoms with Gasteiger partial charge in [-0.15, -0.1) is 0 Å². The molecule has 8 nitrogen and oxygen atoms in total. The van der Waals surface area contributed by atoms with Crippen molar-refractivity contribution in [1.82, 2.24) is 25.1 Å². The Morgan fingerprint density at radius 1 is 1.03 bits per heavy atom. The van der Waals surface area contributed by atoms with Crippen LogP contribution in [0.25, 0.3) is 22.0 Å². The zero-order chi connectivity index (χ0) is 26.8. The summed E-state index contributed by atoms with van der Waals surface area (Å²) in [5, 5.41) is 10.7. The Bertz CT molecular complexity index is 1470. The van der Waals surface area contributed by atoms with Gasteiger partial charge in [0.1, 0.15) is 0 Å². The molecular weight excluding hydrogens is 493 g/mol. The molecule has 2 aliphatic heterocycles. The van der Waals surface area contributed by atoms with Crippen LogP contribution in [0.3, 0.4) is 0 Å². The summed E-state index contributed by atoms with van der Waals surface area (Å²) in [5.41, 5.74) is 4.43. The maximum absolute atomic E-state index is 14.9. The molecule has 0 bridgehead atoms. The molecule has 1 amide bonds. The minimum Gasteiger partial charge on any atom is -0.354 e. The van der Waals surface area contributed by atoms with E-state index in [2.05, 4.69) is 43.4 Å². The predicted molar refractivity (Wildman–Crippen MR) is 151 cm³/mol. The molecule has 0 saturated carbocycles. The molecule has 9 heteroatoms. The van der Waals surface area contributed by atoms with Crippen molar-refractivity contribution in [3.05, 3.63) is 66.0 Å². The number of pyridine rings is 2. The van der Waals surface area contributed by atoms with Crippen LogP contribution in [0.4, 0.5) is 15.9 Å². The van der Waals surface area contributed by atoms with Crippen molar-refractivity contribution in [1.29, 1.82) is 0 Å². The van der Waals surface area contributed by atoms with Gasteiger partial charge in [-0.3, -0.25) is 19.8 Å². The monoisotopic (exact) mass is 527 g/mol. The fourth-order valence-electron chi connectivity index (χ4n) is 5.62. The maximum Gasteiger partial charge on any atom is 0.276 e. The van der Waals surface area contributed by atoms with Crippen LogP contribution in [0.15, 0.2) is 48.9 Å². The number of hydrogen-bond acceptors (Lipinski definition) is 6. The average Bonchev–Trinajstić information content (AvgIpc) is 3.38. The van der Waals surface area contributed by atoms with Crippen molar-refractivity contribution < 1.29 is 9.18 Å². The van der Waals surface area contributed by atoms with Crippen molar-refractivity contribution >= 4 is 28.3 Å². The van der Waals surface area contributed by atoms with E-state index in [4.69, 9.17) is 0 Å². The molecular formula is C30H34FN7O. The fraction of sp³-hybridized carbons (Fsp3) is 0.400. The topological polar surface area (TPSA) is 90.0 Å². The molecule has 4 aromatic rings. The first kappa shape index (κ1) is 25.4. The van der Waals surface area contributed by atoms with E-state index < -0.39 is 11.7 Å². The number of H-pyrrole nitrogens is 1. The number of amides is 1. The summed E-state index contributed by atoms with van der Waals surface area (Å²) < 4.78 is 14.9. The van der Waals surface area contributed by atoms with E-state index in [0.29, 0.717) is 22.8 Å². The molecule has 202 valence electrons. The number of halogens is 1. The zero-order valence-electron chi connectivity index (χ0n) is 22.3. The highest BCUT2D eigenvalue weighted by Gasteiger charge is 2.21. The third-order valence-corrected chi connectivity index (χ3v) is 7.92. The molecule has 0 spiro atoms. The van der Waals surface area contributed by atoms with Gasteiger partial charge in [-0.2, -0.15) is 5.10 Å². The normalized spacial score (nSPS) is 17.0. The van der Waals surface area contributed by atoms with Gasteiger partial charge in [0.05, 0.1) is 17.4 Å². The van der Waals surface area contributed by atoms with Gasteiger partial charge in [0.15, 0.2) is 17.3 Å². The minimum absolute atomic E-state index is 0.249. The molecule has 5 heterocycles. The van der Waals surface area contributed by atoms with Crippen LogP contribution in [0.2, 0.25) is 0 Å². The fourth-order valence-corrected chi connectivity index (χ4v) is 5.62. The van der Waals surface area contributed by atoms with E-state index in [0.717, 1.165) is 62.2 Å². The number of nitrogens with zero attached hydrogens (tertiary/aromatic N) is 5. The summed E-state index contributed by atoms with van der Waals surface area (Å²) in [6, 6.07) is 9.37. The quantitative estimate of drug-likeness (QED) is 0.338. The summed E-state index contributed by atoms with van der Waals surface area (Å²) in [6.07, 6.45) is 11.1. The second kappa shape index (κ2) is 11.1. The number of fused-ring (bicyclic) bond motifs is 1. The molecule has 0 atom stereocenters. The summed E-state index contributed by atoms with van der Waals surface area (Å²) >= 11 is 0. The van der Waals surface area contributed by atoms with E-state index in [-0.39, 0.29) is 5.69 Å². The maximum atomic E-state index is 14.9. The Morgan fingerprint density at radius 2 is 1.85 bits per heavy atom. The van der Waals surface area contributed by atoms with Crippen molar-refractivity contribution in [2.45, 2.75) is 45.6 Å². The van der Waals surface area contributed by atoms with Gasteiger partial charge in [0.2, 0.25) is 0 Å². The molecule has 3 aromatic heterocycles. The highest BCUT2D eigenvalue weighted by atomic mass is 19.1. The van der Waals surface area contributed by atoms with Gasteiger partial charge in [-0.05, 0) is 74.0 Å². The number of nitrogens with one attached hydrogen (secondary N) is 2. The first-order valence-electron chi connectivity index (χ1n) is 13.9. The number of hydrogen-bond donors (Lipinski definition) is 2. The Morgan fingerprint density at radius 3 is 2.64 bits per heavy atom. The lowest BCUT2D eigenvalue weighted by Crippen LogP contribution is -2.34. The molecule has 2 aliphatic rings. The molecule has 2 fully saturated rings. The number of benzene rings is 1. The SMILES string of the molecule is CC1CCN(c2ncc(NC(=O)c3n[nH]c4ccc(-c5cncc(CN6CCCCC6)c5)cc34)cc2F)CC1. The van der Waals surface area contributed by atoms with Crippen molar-refractivity contribution in [3.63, 3.8) is 0 Å². The Kier molecular flexibility index (Phi) is 7.24. The lowest BCUT2D eigenvalue weighted by Gasteiger charge is -2.31. The van der Waals surface area contributed by atoms with Crippen LogP contribution in [0.5, 0.6) is 0 Å². The lowest BCUT2D eigenvalue weighted by molar-refractivity contribution is 0.102. The van der Waals surface area contributed by atoms with Crippen molar-refractivity contribution in [3.8, 4) is 11.1 Å². The summed E-state index contributed by atoms with van der Waals surface area (Å²) in [6.45, 7) is 6.94. The number of anilines is 2. The Hall–Kier alpha value is -3.85. The summed E-state index contributed by atoms with van der Waals surface area (Å²) in [4.78, 5) is 26.4. The molecule has 0 radical (unpaired) electrons. The van der Waals surface area contributed by atoms with Gasteiger partial charge in [-0.1, -0.05) is 19.4 Å². The predicted octanol–water partition coefficient (Wildman–Crippen LogP) is 5.63. The highest BCUT2D eigenvalue weighted by Crippen LogP contribution is 2.28. The van der Waals surface area contributed by atoms with Gasteiger partial charge in [-0.25, -0.2) is 9.37 Å². The van der Waals surface area contributed by atoms with E-state index in [1.807, 2.05) is 35.5 Å². The molecule has 2 saturated heterocycles. The Labute approximate surface area is 227 Å². The standard InChI is InChI=1S/C30H34FN7O/c1-20-7-11-38(12-8-20)29-26(31)15-24(18-33-29)34-30(39)28-25-14-22(5-6-27(25)35-36-28)23-13-21(16-32-17-23)19-37-9-3-2-4-10-37/h5-6,13-18,20H,2-4,7-12,19H2,1H3,(H,34,39)(H,35,36). The third-order valence-electron chi connectivity index (χ3n) is 7.92. The van der Waals surface area contributed by atoms with Crippen LogP contribution in [-0.4, -0.2) is 57.2 Å². The largest absolute Gasteiger partial charge is 0.354 e. The highest BCUT2D eigenvalue weighted by molar-refractivity contribution is 6.11. The second-order valence-electron chi connectivity index (χ2n) is 10.9. The van der Waals surface area contributed by atoms with Crippen LogP contribution in [0.1, 0.15) is 55.1 Å². The zero-order valence-corrected chi connectivity index (χ0v) is 22.3. The minimum atomic E-state index is -0.437. The van der Waals surface area contributed by atoms with Gasteiger partial charge < -0.3 is 10.2 Å². The summed E-state index contributed by atoms with van der Waals surface area (Å²) in [5.74, 6) is 0.127. The number of aromatic nitrogens is 4. The number of piperidine rings is 2. The van der Waals surface area contributed by atoms with Crippen LogP contribution in [-0.2, 0) is 6.54 Å². The van der Waals surface area contributed by atoms with Crippen molar-refractivity contribution in [2.24, 2.45) is 5.92 Å². The average molecular weight is 528 g/mol. The molecule has 0 aliphatic carbocycles. The van der Waals surface area contributed by atoms with Gasteiger partial charge in [0, 0.05) is 49.0 Å². The number of rotatable bonds is 6. The smallest absolute Gasteiger partial charge is 0.276 e. The number of aromatic amines is 1. The van der Waals surface area contributed by atoms with E-state index in [1.165, 1.54) is 37.1 Å². The van der Waals surface area contributed by atoms with Crippen molar-refractivity contribution in [2.75, 3.05) is 36.4 Å². The molecule has 1 aromatic carbocycles. The van der Waals surface area contributed by atoms with Crippen LogP contribution < -0.4 is 10.2 Å². The third kappa shape index (κ3) is 5.63. The number of likely N-dealkylation sites (tertiary alicyclic amines) is 1. The number of carbonyl (C=O) groups excluding carboxylic acids is 1. The Balaban J connectivity index is 1.19. The van der Waals surface area contributed by atoms with Gasteiger partial charge in [0.25, 0.3) is 5.91 Å². The lowest BCUT2D eigenvalue weighted by atomic mass is 9.99. The second-order valence-corrected chi connectivity index (χ2v) is 10.9. The van der Waals surface area contributed by atoms with Gasteiger partial charge >= 0.3 is 0 Å². The molecule has 6 rings (SSSR count). The first-order chi connectivity index (χ1) is 19.0. The molecule has 2 N–H and O–H groups in total. The molecule has 0 unspecified atom stereocenters. The molecule has 39 heavy (non-hydrogen) atoms. The van der Waals surface area contributed by atoms with E-state index in [1.54, 1.807) is 0 Å². The van der Waals surface area contributed by atoms with E-state index >= 15 is 0 Å².